The molecule has 0 bridgehead atoms. The number of hydrogen-bond donors (Lipinski definition) is 2. The second kappa shape index (κ2) is 8.79. The molecule has 5 heteroatoms. The SMILES string of the molecule is CC(C)=CCOc1cccc(C(=O)NCCCC(=O)O)c1. The van der Waals surface area contributed by atoms with E-state index in [1.807, 2.05) is 19.9 Å². The largest absolute Gasteiger partial charge is 0.490 e. The van der Waals surface area contributed by atoms with Gasteiger partial charge in [-0.25, -0.2) is 0 Å². The molecule has 1 aromatic carbocycles. The number of carbonyl (C=O) groups is 2. The molecule has 0 atom stereocenters. The van der Waals surface area contributed by atoms with E-state index in [4.69, 9.17) is 9.84 Å². The number of ether oxygens (including phenoxy) is 1. The Morgan fingerprint density at radius 2 is 2.10 bits per heavy atom. The molecule has 0 heterocycles. The summed E-state index contributed by atoms with van der Waals surface area (Å²) < 4.78 is 5.53. The fraction of sp³-hybridized carbons (Fsp3) is 0.375. The van der Waals surface area contributed by atoms with Crippen LogP contribution in [0.5, 0.6) is 5.75 Å². The van der Waals surface area contributed by atoms with Crippen molar-refractivity contribution in [2.24, 2.45) is 0 Å². The van der Waals surface area contributed by atoms with Gasteiger partial charge in [-0.15, -0.1) is 0 Å². The summed E-state index contributed by atoms with van der Waals surface area (Å²) in [6, 6.07) is 6.91. The minimum absolute atomic E-state index is 0.0478. The van der Waals surface area contributed by atoms with Crippen LogP contribution in [-0.2, 0) is 4.79 Å². The third-order valence-corrected chi connectivity index (χ3v) is 2.69. The van der Waals surface area contributed by atoms with Crippen molar-refractivity contribution in [2.45, 2.75) is 26.7 Å². The van der Waals surface area contributed by atoms with Crippen LogP contribution in [0, 0.1) is 0 Å². The molecule has 0 saturated carbocycles. The molecular weight excluding hydrogens is 270 g/mol. The highest BCUT2D eigenvalue weighted by atomic mass is 16.5. The highest BCUT2D eigenvalue weighted by Gasteiger charge is 2.06. The molecule has 21 heavy (non-hydrogen) atoms. The van der Waals surface area contributed by atoms with Crippen molar-refractivity contribution in [3.05, 3.63) is 41.5 Å². The third kappa shape index (κ3) is 7.15. The van der Waals surface area contributed by atoms with Gasteiger partial charge in [0, 0.05) is 18.5 Å². The fourth-order valence-electron chi connectivity index (χ4n) is 1.58. The lowest BCUT2D eigenvalue weighted by molar-refractivity contribution is -0.137. The molecule has 2 N–H and O–H groups in total. The molecule has 1 aromatic rings. The molecule has 114 valence electrons. The lowest BCUT2D eigenvalue weighted by atomic mass is 10.2. The summed E-state index contributed by atoms with van der Waals surface area (Å²) >= 11 is 0. The monoisotopic (exact) mass is 291 g/mol. The van der Waals surface area contributed by atoms with Crippen molar-refractivity contribution in [3.63, 3.8) is 0 Å². The Kier molecular flexibility index (Phi) is 7.01. The quantitative estimate of drug-likeness (QED) is 0.570. The number of carbonyl (C=O) groups excluding carboxylic acids is 1. The zero-order valence-electron chi connectivity index (χ0n) is 12.4. The minimum Gasteiger partial charge on any atom is -0.490 e. The van der Waals surface area contributed by atoms with Crippen molar-refractivity contribution in [2.75, 3.05) is 13.2 Å². The van der Waals surface area contributed by atoms with E-state index in [1.165, 1.54) is 5.57 Å². The van der Waals surface area contributed by atoms with Gasteiger partial charge in [0.1, 0.15) is 12.4 Å². The first kappa shape index (κ1) is 16.8. The Hall–Kier alpha value is -2.30. The van der Waals surface area contributed by atoms with Crippen LogP contribution < -0.4 is 10.1 Å². The number of hydrogen-bond acceptors (Lipinski definition) is 3. The maximum atomic E-state index is 11.9. The first-order valence-corrected chi connectivity index (χ1v) is 6.85. The van der Waals surface area contributed by atoms with Gasteiger partial charge in [0.05, 0.1) is 0 Å². The lowest BCUT2D eigenvalue weighted by Gasteiger charge is -2.07. The van der Waals surface area contributed by atoms with Crippen LogP contribution in [0.1, 0.15) is 37.0 Å². The molecule has 1 amide bonds. The van der Waals surface area contributed by atoms with Gasteiger partial charge < -0.3 is 15.2 Å². The van der Waals surface area contributed by atoms with Crippen molar-refractivity contribution < 1.29 is 19.4 Å². The second-order valence-corrected chi connectivity index (χ2v) is 4.87. The number of rotatable bonds is 8. The van der Waals surface area contributed by atoms with Crippen LogP contribution >= 0.6 is 0 Å². The highest BCUT2D eigenvalue weighted by molar-refractivity contribution is 5.94. The van der Waals surface area contributed by atoms with Crippen molar-refractivity contribution in [1.82, 2.24) is 5.32 Å². The molecule has 0 spiro atoms. The van der Waals surface area contributed by atoms with Crippen molar-refractivity contribution in [1.29, 1.82) is 0 Å². The maximum Gasteiger partial charge on any atom is 0.303 e. The van der Waals surface area contributed by atoms with Crippen LogP contribution in [-0.4, -0.2) is 30.1 Å². The molecule has 0 aliphatic rings. The molecule has 1 rings (SSSR count). The zero-order valence-corrected chi connectivity index (χ0v) is 12.4. The first-order valence-electron chi connectivity index (χ1n) is 6.85. The summed E-state index contributed by atoms with van der Waals surface area (Å²) in [5.41, 5.74) is 1.67. The van der Waals surface area contributed by atoms with E-state index < -0.39 is 5.97 Å². The molecule has 0 aliphatic heterocycles. The first-order chi connectivity index (χ1) is 9.99. The van der Waals surface area contributed by atoms with Crippen LogP contribution in [0.3, 0.4) is 0 Å². The number of carboxylic acids is 1. The summed E-state index contributed by atoms with van der Waals surface area (Å²) in [5, 5.41) is 11.2. The Balaban J connectivity index is 2.48. The Bertz CT molecular complexity index is 519. The number of benzene rings is 1. The summed E-state index contributed by atoms with van der Waals surface area (Å²) in [5.74, 6) is -0.461. The summed E-state index contributed by atoms with van der Waals surface area (Å²) in [7, 11) is 0. The average Bonchev–Trinajstić information content (AvgIpc) is 2.43. The summed E-state index contributed by atoms with van der Waals surface area (Å²) in [6.07, 6.45) is 2.42. The summed E-state index contributed by atoms with van der Waals surface area (Å²) in [6.45, 7) is 4.79. The molecule has 5 nitrogen and oxygen atoms in total. The lowest BCUT2D eigenvalue weighted by Crippen LogP contribution is -2.24. The normalized spacial score (nSPS) is 9.81. The Morgan fingerprint density at radius 3 is 2.76 bits per heavy atom. The smallest absolute Gasteiger partial charge is 0.303 e. The van der Waals surface area contributed by atoms with Crippen molar-refractivity contribution in [3.8, 4) is 5.75 Å². The minimum atomic E-state index is -0.862. The van der Waals surface area contributed by atoms with E-state index in [0.717, 1.165) is 0 Å². The molecule has 0 radical (unpaired) electrons. The molecule has 0 saturated heterocycles. The molecular formula is C16H21NO4. The van der Waals surface area contributed by atoms with Gasteiger partial charge in [-0.1, -0.05) is 11.6 Å². The summed E-state index contributed by atoms with van der Waals surface area (Å²) in [4.78, 5) is 22.3. The maximum absolute atomic E-state index is 11.9. The molecule has 0 aliphatic carbocycles. The molecule has 0 unspecified atom stereocenters. The third-order valence-electron chi connectivity index (χ3n) is 2.69. The fourth-order valence-corrected chi connectivity index (χ4v) is 1.58. The van der Waals surface area contributed by atoms with E-state index in [9.17, 15) is 9.59 Å². The van der Waals surface area contributed by atoms with Crippen LogP contribution in [0.2, 0.25) is 0 Å². The van der Waals surface area contributed by atoms with Gasteiger partial charge >= 0.3 is 5.97 Å². The van der Waals surface area contributed by atoms with Gasteiger partial charge in [0.15, 0.2) is 0 Å². The van der Waals surface area contributed by atoms with Gasteiger partial charge in [0.2, 0.25) is 0 Å². The average molecular weight is 291 g/mol. The zero-order chi connectivity index (χ0) is 15.7. The number of amides is 1. The number of aliphatic carboxylic acids is 1. The highest BCUT2D eigenvalue weighted by Crippen LogP contribution is 2.13. The van der Waals surface area contributed by atoms with Crippen LogP contribution in [0.4, 0.5) is 0 Å². The van der Waals surface area contributed by atoms with Crippen LogP contribution in [0.25, 0.3) is 0 Å². The molecule has 0 fully saturated rings. The Morgan fingerprint density at radius 1 is 1.33 bits per heavy atom. The topological polar surface area (TPSA) is 75.6 Å². The van der Waals surface area contributed by atoms with Gasteiger partial charge in [-0.3, -0.25) is 9.59 Å². The molecule has 0 aromatic heterocycles. The predicted molar refractivity (Wildman–Crippen MR) is 80.6 cm³/mol. The van der Waals surface area contributed by atoms with E-state index in [1.54, 1.807) is 24.3 Å². The number of nitrogens with one attached hydrogen (secondary N) is 1. The van der Waals surface area contributed by atoms with Gasteiger partial charge in [-0.05, 0) is 44.5 Å². The predicted octanol–water partition coefficient (Wildman–Crippen LogP) is 2.63. The second-order valence-electron chi connectivity index (χ2n) is 4.87. The van der Waals surface area contributed by atoms with Gasteiger partial charge in [-0.2, -0.15) is 0 Å². The van der Waals surface area contributed by atoms with E-state index >= 15 is 0 Å². The van der Waals surface area contributed by atoms with Gasteiger partial charge in [0.25, 0.3) is 5.91 Å². The van der Waals surface area contributed by atoms with E-state index in [-0.39, 0.29) is 12.3 Å². The number of allylic oxidation sites excluding steroid dienone is 1. The standard InChI is InChI=1S/C16H21NO4/c1-12(2)8-10-21-14-6-3-5-13(11-14)16(20)17-9-4-7-15(18)19/h3,5-6,8,11H,4,7,9-10H2,1-2H3,(H,17,20)(H,18,19). The van der Waals surface area contributed by atoms with Crippen LogP contribution in [0.15, 0.2) is 35.9 Å². The van der Waals surface area contributed by atoms with E-state index in [0.29, 0.717) is 30.9 Å². The Labute approximate surface area is 124 Å². The van der Waals surface area contributed by atoms with E-state index in [2.05, 4.69) is 5.32 Å². The number of carboxylic acid groups (broad SMARTS) is 1. The van der Waals surface area contributed by atoms with Crippen molar-refractivity contribution >= 4 is 11.9 Å².